The average molecular weight is 325 g/mol. The number of rotatable bonds is 4. The monoisotopic (exact) mass is 325 g/mol. The first-order valence-corrected chi connectivity index (χ1v) is 6.81. The lowest BCUT2D eigenvalue weighted by molar-refractivity contribution is -0.140. The van der Waals surface area contributed by atoms with Crippen LogP contribution in [0.15, 0.2) is 30.5 Å². The Morgan fingerprint density at radius 3 is 2.50 bits per heavy atom. The summed E-state index contributed by atoms with van der Waals surface area (Å²) in [5.41, 5.74) is -0.408. The van der Waals surface area contributed by atoms with Crippen LogP contribution in [0.4, 0.5) is 18.9 Å². The third-order valence-corrected chi connectivity index (χ3v) is 3.50. The molecule has 114 valence electrons. The molecule has 0 aliphatic carbocycles. The molecule has 0 saturated carbocycles. The van der Waals surface area contributed by atoms with Gasteiger partial charge in [0.05, 0.1) is 7.11 Å². The van der Waals surface area contributed by atoms with E-state index in [-0.39, 0.29) is 5.01 Å². The van der Waals surface area contributed by atoms with Gasteiger partial charge in [0.15, 0.2) is 5.69 Å². The van der Waals surface area contributed by atoms with Gasteiger partial charge in [-0.15, -0.1) is 11.3 Å². The minimum Gasteiger partial charge on any atom is -0.497 e. The second-order valence-electron chi connectivity index (χ2n) is 4.05. The fourth-order valence-electron chi connectivity index (χ4n) is 1.57. The highest BCUT2D eigenvalue weighted by molar-refractivity contribution is 7.13. The molecule has 0 atom stereocenters. The number of hydrogen-bond donors (Lipinski definition) is 1. The molecular weight excluding hydrogens is 315 g/mol. The molecular formula is C14H10F3N3OS. The topological polar surface area (TPSA) is 57.9 Å². The molecule has 0 bridgehead atoms. The van der Waals surface area contributed by atoms with Crippen LogP contribution in [-0.4, -0.2) is 12.1 Å². The number of nitrogens with one attached hydrogen (secondary N) is 1. The van der Waals surface area contributed by atoms with Gasteiger partial charge in [0, 0.05) is 11.9 Å². The Bertz CT molecular complexity index is 714. The second kappa shape index (κ2) is 6.49. The van der Waals surface area contributed by atoms with Crippen LogP contribution in [-0.2, 0) is 6.18 Å². The van der Waals surface area contributed by atoms with E-state index in [1.807, 2.05) is 0 Å². The highest BCUT2D eigenvalue weighted by atomic mass is 32.1. The van der Waals surface area contributed by atoms with E-state index < -0.39 is 16.7 Å². The highest BCUT2D eigenvalue weighted by Gasteiger charge is 2.37. The number of hydrogen-bond acceptors (Lipinski definition) is 5. The normalized spacial score (nSPS) is 11.4. The summed E-state index contributed by atoms with van der Waals surface area (Å²) < 4.78 is 43.0. The quantitative estimate of drug-likeness (QED) is 0.918. The SMILES string of the molecule is COc1ccc(N/C=C/c2nc(C(F)(F)F)c(C#N)s2)cc1. The van der Waals surface area contributed by atoms with Gasteiger partial charge in [0.1, 0.15) is 21.7 Å². The van der Waals surface area contributed by atoms with Crippen molar-refractivity contribution >= 4 is 23.1 Å². The zero-order chi connectivity index (χ0) is 16.2. The Balaban J connectivity index is 2.10. The summed E-state index contributed by atoms with van der Waals surface area (Å²) in [6.07, 6.45) is -1.79. The number of methoxy groups -OCH3 is 1. The Kier molecular flexibility index (Phi) is 4.68. The third kappa shape index (κ3) is 3.77. The van der Waals surface area contributed by atoms with E-state index in [1.54, 1.807) is 31.4 Å². The van der Waals surface area contributed by atoms with Crippen molar-refractivity contribution in [2.45, 2.75) is 6.18 Å². The number of aromatic nitrogens is 1. The maximum absolute atomic E-state index is 12.6. The standard InChI is InChI=1S/C14H10F3N3OS/c1-21-10-4-2-9(3-5-10)19-7-6-12-20-13(14(15,16)17)11(8-18)22-12/h2-7,19H,1H3/b7-6+. The van der Waals surface area contributed by atoms with Gasteiger partial charge in [-0.2, -0.15) is 18.4 Å². The molecule has 8 heteroatoms. The number of alkyl halides is 3. The van der Waals surface area contributed by atoms with E-state index in [2.05, 4.69) is 10.3 Å². The van der Waals surface area contributed by atoms with Crippen molar-refractivity contribution < 1.29 is 17.9 Å². The zero-order valence-corrected chi connectivity index (χ0v) is 12.1. The van der Waals surface area contributed by atoms with Crippen LogP contribution in [0.1, 0.15) is 15.6 Å². The van der Waals surface area contributed by atoms with Crippen molar-refractivity contribution in [2.75, 3.05) is 12.4 Å². The molecule has 0 saturated heterocycles. The average Bonchev–Trinajstić information content (AvgIpc) is 2.91. The van der Waals surface area contributed by atoms with Gasteiger partial charge >= 0.3 is 6.18 Å². The van der Waals surface area contributed by atoms with E-state index in [9.17, 15) is 13.2 Å². The molecule has 0 aliphatic rings. The van der Waals surface area contributed by atoms with Crippen molar-refractivity contribution in [1.29, 1.82) is 5.26 Å². The number of ether oxygens (including phenoxy) is 1. The van der Waals surface area contributed by atoms with Crippen molar-refractivity contribution in [2.24, 2.45) is 0 Å². The van der Waals surface area contributed by atoms with Crippen LogP contribution >= 0.6 is 11.3 Å². The molecule has 0 unspecified atom stereocenters. The van der Waals surface area contributed by atoms with Crippen LogP contribution in [0.5, 0.6) is 5.75 Å². The first kappa shape index (κ1) is 15.9. The fourth-order valence-corrected chi connectivity index (χ4v) is 2.36. The Morgan fingerprint density at radius 2 is 2.00 bits per heavy atom. The lowest BCUT2D eigenvalue weighted by Gasteiger charge is -2.02. The van der Waals surface area contributed by atoms with E-state index in [1.165, 1.54) is 18.3 Å². The minimum atomic E-state index is -4.63. The number of thiazole rings is 1. The summed E-state index contributed by atoms with van der Waals surface area (Å²) in [7, 11) is 1.55. The Hall–Kier alpha value is -2.53. The number of halogens is 3. The van der Waals surface area contributed by atoms with Gasteiger partial charge in [-0.05, 0) is 30.3 Å². The van der Waals surface area contributed by atoms with Crippen LogP contribution in [0.25, 0.3) is 6.08 Å². The molecule has 1 N–H and O–H groups in total. The van der Waals surface area contributed by atoms with Crippen LogP contribution in [0.2, 0.25) is 0 Å². The summed E-state index contributed by atoms with van der Waals surface area (Å²) in [6, 6.07) is 8.52. The van der Waals surface area contributed by atoms with Gasteiger partial charge in [0.25, 0.3) is 0 Å². The molecule has 22 heavy (non-hydrogen) atoms. The van der Waals surface area contributed by atoms with E-state index >= 15 is 0 Å². The Labute approximate surface area is 128 Å². The Morgan fingerprint density at radius 1 is 1.32 bits per heavy atom. The second-order valence-corrected chi connectivity index (χ2v) is 5.08. The van der Waals surface area contributed by atoms with Crippen LogP contribution in [0.3, 0.4) is 0 Å². The molecule has 2 rings (SSSR count). The summed E-state index contributed by atoms with van der Waals surface area (Å²) >= 11 is 0.689. The van der Waals surface area contributed by atoms with Crippen molar-refractivity contribution in [1.82, 2.24) is 4.98 Å². The summed E-state index contributed by atoms with van der Waals surface area (Å²) in [5, 5.41) is 11.7. The molecule has 0 aliphatic heterocycles. The smallest absolute Gasteiger partial charge is 0.435 e. The largest absolute Gasteiger partial charge is 0.497 e. The molecule has 0 radical (unpaired) electrons. The summed E-state index contributed by atoms with van der Waals surface area (Å²) in [6.45, 7) is 0. The lowest BCUT2D eigenvalue weighted by Crippen LogP contribution is -2.07. The van der Waals surface area contributed by atoms with E-state index in [0.29, 0.717) is 17.1 Å². The predicted molar refractivity (Wildman–Crippen MR) is 77.5 cm³/mol. The molecule has 0 spiro atoms. The summed E-state index contributed by atoms with van der Waals surface area (Å²) in [4.78, 5) is 2.99. The van der Waals surface area contributed by atoms with Crippen LogP contribution in [0, 0.1) is 11.3 Å². The molecule has 2 aromatic rings. The number of nitriles is 1. The zero-order valence-electron chi connectivity index (χ0n) is 11.3. The van der Waals surface area contributed by atoms with Crippen molar-refractivity contribution in [3.8, 4) is 11.8 Å². The summed E-state index contributed by atoms with van der Waals surface area (Å²) in [5.74, 6) is 0.697. The van der Waals surface area contributed by atoms with Gasteiger partial charge in [0.2, 0.25) is 0 Å². The molecule has 1 aromatic carbocycles. The van der Waals surface area contributed by atoms with E-state index in [4.69, 9.17) is 10.00 Å². The molecule has 4 nitrogen and oxygen atoms in total. The number of benzene rings is 1. The molecule has 0 amide bonds. The van der Waals surface area contributed by atoms with Gasteiger partial charge in [-0.25, -0.2) is 4.98 Å². The minimum absolute atomic E-state index is 0.102. The predicted octanol–water partition coefficient (Wildman–Crippen LogP) is 4.12. The van der Waals surface area contributed by atoms with Gasteiger partial charge < -0.3 is 10.1 Å². The fraction of sp³-hybridized carbons (Fsp3) is 0.143. The lowest BCUT2D eigenvalue weighted by atomic mass is 10.3. The van der Waals surface area contributed by atoms with Gasteiger partial charge in [-0.1, -0.05) is 0 Å². The molecule has 1 aromatic heterocycles. The van der Waals surface area contributed by atoms with Crippen LogP contribution < -0.4 is 10.1 Å². The van der Waals surface area contributed by atoms with Gasteiger partial charge in [-0.3, -0.25) is 0 Å². The van der Waals surface area contributed by atoms with E-state index in [0.717, 1.165) is 5.69 Å². The molecule has 0 fully saturated rings. The first-order chi connectivity index (χ1) is 10.4. The maximum atomic E-state index is 12.6. The third-order valence-electron chi connectivity index (χ3n) is 2.58. The highest BCUT2D eigenvalue weighted by Crippen LogP contribution is 2.34. The maximum Gasteiger partial charge on any atom is 0.435 e. The molecule has 1 heterocycles. The van der Waals surface area contributed by atoms with Crippen molar-refractivity contribution in [3.05, 3.63) is 46.0 Å². The number of anilines is 1. The van der Waals surface area contributed by atoms with Crippen molar-refractivity contribution in [3.63, 3.8) is 0 Å². The number of nitrogens with zero attached hydrogens (tertiary/aromatic N) is 2. The first-order valence-electron chi connectivity index (χ1n) is 5.99.